The lowest BCUT2D eigenvalue weighted by Crippen LogP contribution is -2.07. The molecule has 1 aliphatic rings. The molecule has 1 atom stereocenters. The highest BCUT2D eigenvalue weighted by molar-refractivity contribution is 5.74. The molecule has 0 saturated heterocycles. The van der Waals surface area contributed by atoms with Gasteiger partial charge in [0.1, 0.15) is 5.75 Å². The molecule has 2 nitrogen and oxygen atoms in total. The number of carbonyl (C=O) groups excluding carboxylic acids is 1. The quantitative estimate of drug-likeness (QED) is 0.174. The van der Waals surface area contributed by atoms with Gasteiger partial charge in [-0.15, -0.1) is 0 Å². The summed E-state index contributed by atoms with van der Waals surface area (Å²) in [4.78, 5) is 12.0. The van der Waals surface area contributed by atoms with Crippen molar-refractivity contribution in [3.05, 3.63) is 60.2 Å². The van der Waals surface area contributed by atoms with E-state index in [1.54, 1.807) is 0 Å². The maximum Gasteiger partial charge on any atom is 0.311 e. The molecule has 3 rings (SSSR count). The Bertz CT molecular complexity index is 861. The molecule has 178 valence electrons. The lowest BCUT2D eigenvalue weighted by atomic mass is 9.83. The predicted octanol–water partition coefficient (Wildman–Crippen LogP) is 9.38. The van der Waals surface area contributed by atoms with Crippen molar-refractivity contribution in [2.24, 2.45) is 5.92 Å². The van der Waals surface area contributed by atoms with E-state index in [9.17, 15) is 4.79 Å². The van der Waals surface area contributed by atoms with Gasteiger partial charge in [0, 0.05) is 6.42 Å². The van der Waals surface area contributed by atoms with Gasteiger partial charge in [0.2, 0.25) is 0 Å². The van der Waals surface area contributed by atoms with Gasteiger partial charge in [-0.05, 0) is 66.0 Å². The summed E-state index contributed by atoms with van der Waals surface area (Å²) in [5.41, 5.74) is 5.21. The highest BCUT2D eigenvalue weighted by Crippen LogP contribution is 2.34. The summed E-state index contributed by atoms with van der Waals surface area (Å²) >= 11 is 0. The van der Waals surface area contributed by atoms with Crippen LogP contribution in [0.3, 0.4) is 0 Å². The molecule has 0 radical (unpaired) electrons. The number of benzene rings is 2. The number of hydrogen-bond acceptors (Lipinski definition) is 2. The van der Waals surface area contributed by atoms with Crippen LogP contribution in [-0.4, -0.2) is 5.97 Å². The second-order valence-corrected chi connectivity index (χ2v) is 9.61. The Kier molecular flexibility index (Phi) is 10.7. The molecule has 2 heteroatoms. The van der Waals surface area contributed by atoms with E-state index in [1.807, 2.05) is 24.3 Å². The smallest absolute Gasteiger partial charge is 0.311 e. The minimum absolute atomic E-state index is 0.132. The van der Waals surface area contributed by atoms with Crippen LogP contribution in [0.2, 0.25) is 0 Å². The van der Waals surface area contributed by atoms with Crippen molar-refractivity contribution < 1.29 is 9.53 Å². The van der Waals surface area contributed by atoms with E-state index in [0.717, 1.165) is 24.3 Å². The van der Waals surface area contributed by atoms with E-state index in [2.05, 4.69) is 44.2 Å². The van der Waals surface area contributed by atoms with Crippen LogP contribution in [0, 0.1) is 5.92 Å². The third kappa shape index (κ3) is 8.50. The lowest BCUT2D eigenvalue weighted by Gasteiger charge is -2.22. The van der Waals surface area contributed by atoms with Crippen molar-refractivity contribution in [2.75, 3.05) is 0 Å². The molecule has 2 aromatic carbocycles. The van der Waals surface area contributed by atoms with Gasteiger partial charge in [0.25, 0.3) is 0 Å². The average molecular weight is 447 g/mol. The summed E-state index contributed by atoms with van der Waals surface area (Å²) in [7, 11) is 0. The first kappa shape index (κ1) is 25.3. The van der Waals surface area contributed by atoms with Crippen molar-refractivity contribution in [1.29, 1.82) is 0 Å². The molecular formula is C31H42O2. The number of rotatable bonds is 13. The third-order valence-corrected chi connectivity index (χ3v) is 6.89. The molecular weight excluding hydrogens is 404 g/mol. The Labute approximate surface area is 201 Å². The van der Waals surface area contributed by atoms with E-state index in [-0.39, 0.29) is 5.97 Å². The molecule has 2 aromatic rings. The van der Waals surface area contributed by atoms with E-state index in [0.29, 0.717) is 12.2 Å². The van der Waals surface area contributed by atoms with Crippen molar-refractivity contribution in [1.82, 2.24) is 0 Å². The summed E-state index contributed by atoms with van der Waals surface area (Å²) in [6.45, 7) is 4.45. The van der Waals surface area contributed by atoms with E-state index < -0.39 is 0 Å². The Morgan fingerprint density at radius 1 is 0.788 bits per heavy atom. The van der Waals surface area contributed by atoms with Crippen LogP contribution >= 0.6 is 0 Å². The Hall–Kier alpha value is -2.35. The maximum atomic E-state index is 12.0. The maximum absolute atomic E-state index is 12.0. The first-order valence-corrected chi connectivity index (χ1v) is 13.3. The van der Waals surface area contributed by atoms with Gasteiger partial charge < -0.3 is 4.74 Å². The molecule has 0 aliphatic heterocycles. The fraction of sp³-hybridized carbons (Fsp3) is 0.516. The van der Waals surface area contributed by atoms with Crippen LogP contribution in [0.15, 0.2) is 54.6 Å². The van der Waals surface area contributed by atoms with Crippen molar-refractivity contribution in [2.45, 2.75) is 97.3 Å². The summed E-state index contributed by atoms with van der Waals surface area (Å²) in [5, 5.41) is 0. The highest BCUT2D eigenvalue weighted by atomic mass is 16.5. The minimum Gasteiger partial charge on any atom is -0.427 e. The number of carbonyl (C=O) groups is 1. The van der Waals surface area contributed by atoms with Crippen LogP contribution in [0.25, 0.3) is 16.7 Å². The highest BCUT2D eigenvalue weighted by Gasteiger charge is 2.15. The van der Waals surface area contributed by atoms with Gasteiger partial charge in [0.15, 0.2) is 0 Å². The van der Waals surface area contributed by atoms with Crippen molar-refractivity contribution in [3.63, 3.8) is 0 Å². The molecule has 0 saturated carbocycles. The molecule has 1 unspecified atom stereocenters. The topological polar surface area (TPSA) is 26.3 Å². The van der Waals surface area contributed by atoms with Crippen molar-refractivity contribution in [3.8, 4) is 16.9 Å². The second kappa shape index (κ2) is 14.0. The first-order chi connectivity index (χ1) is 16.2. The van der Waals surface area contributed by atoms with Crippen LogP contribution in [-0.2, 0) is 4.79 Å². The van der Waals surface area contributed by atoms with Crippen LogP contribution in [0.4, 0.5) is 0 Å². The molecule has 1 aliphatic carbocycles. The molecule has 0 heterocycles. The van der Waals surface area contributed by atoms with E-state index in [1.165, 1.54) is 80.9 Å². The Morgan fingerprint density at radius 2 is 1.39 bits per heavy atom. The zero-order chi connectivity index (χ0) is 23.3. The molecule has 33 heavy (non-hydrogen) atoms. The fourth-order valence-electron chi connectivity index (χ4n) is 4.74. The Morgan fingerprint density at radius 3 is 2.00 bits per heavy atom. The van der Waals surface area contributed by atoms with Gasteiger partial charge in [-0.2, -0.15) is 0 Å². The summed E-state index contributed by atoms with van der Waals surface area (Å²) in [5.74, 6) is 1.38. The van der Waals surface area contributed by atoms with Gasteiger partial charge in [-0.1, -0.05) is 108 Å². The number of ether oxygens (including phenoxy) is 1. The molecule has 0 N–H and O–H groups in total. The zero-order valence-electron chi connectivity index (χ0n) is 20.8. The van der Waals surface area contributed by atoms with Gasteiger partial charge in [0.05, 0.1) is 0 Å². The predicted molar refractivity (Wildman–Crippen MR) is 140 cm³/mol. The third-order valence-electron chi connectivity index (χ3n) is 6.89. The number of esters is 1. The van der Waals surface area contributed by atoms with Crippen LogP contribution < -0.4 is 4.74 Å². The zero-order valence-corrected chi connectivity index (χ0v) is 20.8. The van der Waals surface area contributed by atoms with Gasteiger partial charge in [-0.25, -0.2) is 0 Å². The normalized spacial score (nSPS) is 15.8. The van der Waals surface area contributed by atoms with Crippen LogP contribution in [0.5, 0.6) is 5.75 Å². The Balaban J connectivity index is 1.49. The van der Waals surface area contributed by atoms with Crippen molar-refractivity contribution >= 4 is 11.5 Å². The van der Waals surface area contributed by atoms with Gasteiger partial charge >= 0.3 is 5.97 Å². The largest absolute Gasteiger partial charge is 0.427 e. The second-order valence-electron chi connectivity index (χ2n) is 9.61. The summed E-state index contributed by atoms with van der Waals surface area (Å²) in [6.07, 6.45) is 18.0. The minimum atomic E-state index is -0.132. The summed E-state index contributed by atoms with van der Waals surface area (Å²) in [6, 6.07) is 16.8. The molecule has 0 spiro atoms. The van der Waals surface area contributed by atoms with E-state index in [4.69, 9.17) is 4.74 Å². The number of unbranched alkanes of at least 4 members (excludes halogenated alkanes) is 6. The van der Waals surface area contributed by atoms with Crippen LogP contribution in [0.1, 0.15) is 103 Å². The average Bonchev–Trinajstić information content (AvgIpc) is 2.86. The lowest BCUT2D eigenvalue weighted by molar-refractivity contribution is -0.134. The molecule has 0 bridgehead atoms. The fourth-order valence-corrected chi connectivity index (χ4v) is 4.74. The summed E-state index contributed by atoms with van der Waals surface area (Å²) < 4.78 is 5.48. The molecule has 0 amide bonds. The molecule has 0 fully saturated rings. The monoisotopic (exact) mass is 446 g/mol. The SMILES string of the molecule is CCCCCCC(=O)Oc1ccc(-c2ccc(C3=CCC(CCCCCC)CC3)cc2)cc1. The number of allylic oxidation sites excluding steroid dienone is 2. The van der Waals surface area contributed by atoms with E-state index >= 15 is 0 Å². The molecule has 0 aromatic heterocycles. The number of hydrogen-bond donors (Lipinski definition) is 0. The van der Waals surface area contributed by atoms with Gasteiger partial charge in [-0.3, -0.25) is 4.79 Å². The first-order valence-electron chi connectivity index (χ1n) is 13.3. The standard InChI is InChI=1S/C31H42O2/c1-3-5-7-9-11-25-13-15-26(16-14-25)27-17-19-28(20-18-27)29-21-23-30(24-22-29)33-31(32)12-10-8-6-4-2/h15,17-25H,3-14,16H2,1-2H3.